The summed E-state index contributed by atoms with van der Waals surface area (Å²) in [6.07, 6.45) is -2.00. The topological polar surface area (TPSA) is 178 Å². The molecule has 2 atom stereocenters. The molecule has 10 heteroatoms. The number of aliphatic hydroxyl groups is 2. The monoisotopic (exact) mass is 382 g/mol. The molecule has 156 valence electrons. The van der Waals surface area contributed by atoms with Crippen molar-refractivity contribution in [3.63, 3.8) is 0 Å². The first-order chi connectivity index (χ1) is 11.5. The molecule has 5 N–H and O–H groups in total. The number of aliphatic carboxylic acids is 2. The zero-order chi connectivity index (χ0) is 22.1. The first-order valence-corrected chi connectivity index (χ1v) is 7.78. The fraction of sp³-hybridized carbons (Fsp3) is 0.750. The Labute approximate surface area is 154 Å². The third-order valence-corrected chi connectivity index (χ3v) is 1.83. The molecular weight excluding hydrogens is 348 g/mol. The number of Topliss-reactive ketones (excluding diaryl/α,β-unsaturated/α-hetero) is 1. The number of carboxylic acids is 2. The van der Waals surface area contributed by atoms with Crippen molar-refractivity contribution in [1.29, 1.82) is 0 Å². The van der Waals surface area contributed by atoms with Crippen LogP contribution in [-0.2, 0) is 19.2 Å². The minimum absolute atomic E-state index is 0.167. The number of likely N-dealkylation sites (N-methyl/N-ethyl adjacent to an activating group) is 1. The number of quaternary nitrogens is 1. The molecule has 0 rings (SSSR count). The lowest BCUT2D eigenvalue weighted by Crippen LogP contribution is -2.43. The van der Waals surface area contributed by atoms with Crippen LogP contribution in [0, 0.1) is 0 Å². The summed E-state index contributed by atoms with van der Waals surface area (Å²) in [5, 5.41) is 35.4. The lowest BCUT2D eigenvalue weighted by atomic mass is 10.2. The second-order valence-electron chi connectivity index (χ2n) is 6.48. The molecule has 0 saturated heterocycles. The number of carbonyl (C=O) groups excluding carboxylic acids is 3. The van der Waals surface area contributed by atoms with Gasteiger partial charge in [-0.25, -0.2) is 4.79 Å². The fourth-order valence-corrected chi connectivity index (χ4v) is 1.06. The molecular formula is C16H34N2O8. The van der Waals surface area contributed by atoms with Crippen LogP contribution in [0.25, 0.3) is 0 Å². The van der Waals surface area contributed by atoms with E-state index in [0.717, 1.165) is 0 Å². The maximum absolute atomic E-state index is 10.0. The molecule has 0 aliphatic heterocycles. The normalized spacial score (nSPS) is 11.7. The Morgan fingerprint density at radius 1 is 1.04 bits per heavy atom. The number of amides is 1. The smallest absolute Gasteiger partial charge is 0.332 e. The van der Waals surface area contributed by atoms with Gasteiger partial charge in [-0.1, -0.05) is 6.92 Å². The number of carbonyl (C=O) groups is 4. The molecule has 0 aromatic rings. The first-order valence-electron chi connectivity index (χ1n) is 7.78. The molecule has 10 nitrogen and oxygen atoms in total. The first kappa shape index (κ1) is 31.7. The number of ketones is 1. The van der Waals surface area contributed by atoms with Crippen LogP contribution in [0.3, 0.4) is 0 Å². The largest absolute Gasteiger partial charge is 0.550 e. The van der Waals surface area contributed by atoms with Gasteiger partial charge in [0.2, 0.25) is 5.91 Å². The summed E-state index contributed by atoms with van der Waals surface area (Å²) in [4.78, 5) is 38.4. The summed E-state index contributed by atoms with van der Waals surface area (Å²) in [6, 6.07) is 0. The number of hydrogen-bond donors (Lipinski definition) is 4. The average molecular weight is 382 g/mol. The van der Waals surface area contributed by atoms with Gasteiger partial charge in [0.1, 0.15) is 18.4 Å². The van der Waals surface area contributed by atoms with E-state index in [0.29, 0.717) is 11.0 Å². The second-order valence-corrected chi connectivity index (χ2v) is 6.48. The van der Waals surface area contributed by atoms with Crippen molar-refractivity contribution < 1.29 is 44.1 Å². The van der Waals surface area contributed by atoms with E-state index in [-0.39, 0.29) is 24.5 Å². The maximum Gasteiger partial charge on any atom is 0.332 e. The standard InChI is InChI=1S/C7H15NO3.C4H8O3.C3H6O.C2H5NO/c1-8(2,3)5-6(9)4-7(10)11;1-2-3(5)4(6)7;1-3(2)4;1-2(3)4/h6,9H,4-5H2,1-3H3;3,5H,2H2,1H3,(H,6,7);1-2H3;1H3,(H2,3,4). The minimum Gasteiger partial charge on any atom is -0.550 e. The molecule has 0 aromatic heterocycles. The highest BCUT2D eigenvalue weighted by Gasteiger charge is 2.14. The van der Waals surface area contributed by atoms with E-state index in [9.17, 15) is 24.3 Å². The molecule has 26 heavy (non-hydrogen) atoms. The maximum atomic E-state index is 10.0. The lowest BCUT2D eigenvalue weighted by molar-refractivity contribution is -0.873. The second kappa shape index (κ2) is 17.8. The van der Waals surface area contributed by atoms with E-state index in [1.54, 1.807) is 6.92 Å². The molecule has 0 spiro atoms. The number of primary amides is 1. The average Bonchev–Trinajstić information content (AvgIpc) is 2.33. The number of hydrogen-bond acceptors (Lipinski definition) is 7. The van der Waals surface area contributed by atoms with Crippen molar-refractivity contribution in [2.75, 3.05) is 27.7 Å². The van der Waals surface area contributed by atoms with E-state index in [1.165, 1.54) is 20.8 Å². The minimum atomic E-state index is -1.20. The quantitative estimate of drug-likeness (QED) is 0.385. The van der Waals surface area contributed by atoms with Crippen molar-refractivity contribution in [1.82, 2.24) is 0 Å². The third kappa shape index (κ3) is 57.4. The summed E-state index contributed by atoms with van der Waals surface area (Å²) >= 11 is 0. The molecule has 2 unspecified atom stereocenters. The van der Waals surface area contributed by atoms with Gasteiger partial charge in [-0.3, -0.25) is 4.79 Å². The van der Waals surface area contributed by atoms with Crippen molar-refractivity contribution in [2.45, 2.75) is 52.7 Å². The predicted octanol–water partition coefficient (Wildman–Crippen LogP) is -1.88. The van der Waals surface area contributed by atoms with E-state index in [2.05, 4.69) is 5.73 Å². The summed E-state index contributed by atoms with van der Waals surface area (Å²) in [7, 11) is 5.66. The van der Waals surface area contributed by atoms with E-state index < -0.39 is 24.1 Å². The Hall–Kier alpha value is -2.04. The van der Waals surface area contributed by atoms with Gasteiger partial charge in [0.15, 0.2) is 6.10 Å². The van der Waals surface area contributed by atoms with E-state index in [4.69, 9.17) is 15.3 Å². The molecule has 0 aliphatic rings. The highest BCUT2D eigenvalue weighted by molar-refractivity contribution is 5.72. The Balaban J connectivity index is -0.000000138. The van der Waals surface area contributed by atoms with E-state index in [1.807, 2.05) is 21.1 Å². The summed E-state index contributed by atoms with van der Waals surface area (Å²) in [5.74, 6) is -2.52. The number of nitrogens with zero attached hydrogens (tertiary/aromatic N) is 1. The van der Waals surface area contributed by atoms with Crippen molar-refractivity contribution >= 4 is 23.6 Å². The Morgan fingerprint density at radius 3 is 1.46 bits per heavy atom. The van der Waals surface area contributed by atoms with Crippen molar-refractivity contribution in [2.24, 2.45) is 5.73 Å². The van der Waals surface area contributed by atoms with Crippen LogP contribution >= 0.6 is 0 Å². The van der Waals surface area contributed by atoms with Crippen LogP contribution in [0.15, 0.2) is 0 Å². The van der Waals surface area contributed by atoms with Gasteiger partial charge in [0.25, 0.3) is 0 Å². The Morgan fingerprint density at radius 2 is 1.35 bits per heavy atom. The van der Waals surface area contributed by atoms with Crippen LogP contribution < -0.4 is 10.8 Å². The predicted molar refractivity (Wildman–Crippen MR) is 93.7 cm³/mol. The fourth-order valence-electron chi connectivity index (χ4n) is 1.06. The molecule has 0 saturated carbocycles. The SMILES string of the molecule is CC(C)=O.CC(N)=O.CCC(O)C(=O)O.C[N+](C)(C)CC(O)CC(=O)[O-]. The van der Waals surface area contributed by atoms with Gasteiger partial charge in [0.05, 0.1) is 21.1 Å². The van der Waals surface area contributed by atoms with Gasteiger partial charge in [-0.05, 0) is 20.3 Å². The zero-order valence-electron chi connectivity index (χ0n) is 16.7. The van der Waals surface area contributed by atoms with Gasteiger partial charge in [0, 0.05) is 19.3 Å². The number of rotatable bonds is 6. The van der Waals surface area contributed by atoms with Crippen LogP contribution in [0.5, 0.6) is 0 Å². The Kier molecular flexibility index (Phi) is 21.7. The molecule has 0 fully saturated rings. The van der Waals surface area contributed by atoms with Crippen molar-refractivity contribution in [3.8, 4) is 0 Å². The highest BCUT2D eigenvalue weighted by atomic mass is 16.4. The number of carboxylic acid groups (broad SMARTS) is 2. The van der Waals surface area contributed by atoms with E-state index >= 15 is 0 Å². The van der Waals surface area contributed by atoms with Crippen LogP contribution in [0.2, 0.25) is 0 Å². The van der Waals surface area contributed by atoms with Gasteiger partial charge >= 0.3 is 5.97 Å². The highest BCUT2D eigenvalue weighted by Crippen LogP contribution is 1.97. The van der Waals surface area contributed by atoms with Gasteiger partial charge in [-0.2, -0.15) is 0 Å². The van der Waals surface area contributed by atoms with Crippen LogP contribution in [0.1, 0.15) is 40.5 Å². The summed E-state index contributed by atoms with van der Waals surface area (Å²) < 4.78 is 0.550. The molecule has 0 aromatic carbocycles. The van der Waals surface area contributed by atoms with Crippen LogP contribution in [-0.4, -0.2) is 83.3 Å². The molecule has 0 bridgehead atoms. The van der Waals surface area contributed by atoms with Crippen LogP contribution in [0.4, 0.5) is 0 Å². The van der Waals surface area contributed by atoms with Gasteiger partial charge < -0.3 is 40.2 Å². The Bertz CT molecular complexity index is 399. The number of aliphatic hydroxyl groups excluding tert-OH is 2. The molecule has 0 radical (unpaired) electrons. The third-order valence-electron chi connectivity index (χ3n) is 1.83. The van der Waals surface area contributed by atoms with Crippen molar-refractivity contribution in [3.05, 3.63) is 0 Å². The number of nitrogens with two attached hydrogens (primary N) is 1. The zero-order valence-corrected chi connectivity index (χ0v) is 16.7. The molecule has 1 amide bonds. The molecule has 0 heterocycles. The van der Waals surface area contributed by atoms with Gasteiger partial charge in [-0.15, -0.1) is 0 Å². The summed E-state index contributed by atoms with van der Waals surface area (Å²) in [6.45, 7) is 6.40. The summed E-state index contributed by atoms with van der Waals surface area (Å²) in [5.41, 5.74) is 4.47. The molecule has 0 aliphatic carbocycles. The lowest BCUT2D eigenvalue weighted by Gasteiger charge is -2.26.